The topological polar surface area (TPSA) is 135 Å². The number of amides is 3. The summed E-state index contributed by atoms with van der Waals surface area (Å²) in [5, 5.41) is 12.2. The lowest BCUT2D eigenvalue weighted by Crippen LogP contribution is -2.57. The number of aliphatic hydroxyl groups excluding tert-OH is 1. The van der Waals surface area contributed by atoms with Gasteiger partial charge in [0.05, 0.1) is 30.6 Å². The summed E-state index contributed by atoms with van der Waals surface area (Å²) in [6, 6.07) is 7.43. The summed E-state index contributed by atoms with van der Waals surface area (Å²) >= 11 is 0. The lowest BCUT2D eigenvalue weighted by Gasteiger charge is -2.38. The van der Waals surface area contributed by atoms with E-state index in [1.54, 1.807) is 22.0 Å². The molecule has 3 amide bonds. The van der Waals surface area contributed by atoms with Gasteiger partial charge in [-0.15, -0.1) is 13.2 Å². The molecule has 4 rings (SSSR count). The third kappa shape index (κ3) is 7.84. The van der Waals surface area contributed by atoms with E-state index in [0.29, 0.717) is 50.8 Å². The number of nitrogens with one attached hydrogen (secondary N) is 1. The SMILES string of the molecule is C=CCCC(=O)N[C@H](COC)[C@H](OC(=O)[C@@H]1[C@@H]2CC[C@]3(O2)[C@H](C(=O)N(CC=C)C(C)C)N(CCCCCCO)C(=O)[C@@H]13)c1ccccc1. The number of hydrogen-bond acceptors (Lipinski definition) is 8. The Balaban J connectivity index is 1.66. The number of nitrogens with zero attached hydrogens (tertiary/aromatic N) is 2. The van der Waals surface area contributed by atoms with Gasteiger partial charge in [0.1, 0.15) is 17.7 Å². The van der Waals surface area contributed by atoms with Gasteiger partial charge in [0, 0.05) is 39.3 Å². The number of allylic oxidation sites excluding steroid dienone is 1. The highest BCUT2D eigenvalue weighted by molar-refractivity contribution is 5.98. The first kappa shape index (κ1) is 37.3. The minimum atomic E-state index is -1.16. The zero-order chi connectivity index (χ0) is 34.8. The van der Waals surface area contributed by atoms with Crippen molar-refractivity contribution in [3.8, 4) is 0 Å². The van der Waals surface area contributed by atoms with Crippen LogP contribution in [0.1, 0.15) is 76.9 Å². The summed E-state index contributed by atoms with van der Waals surface area (Å²) in [5.41, 5.74) is -0.488. The van der Waals surface area contributed by atoms with Gasteiger partial charge in [0.25, 0.3) is 0 Å². The van der Waals surface area contributed by atoms with Crippen LogP contribution < -0.4 is 5.32 Å². The zero-order valence-electron chi connectivity index (χ0n) is 28.7. The van der Waals surface area contributed by atoms with Crippen LogP contribution in [0, 0.1) is 11.8 Å². The molecule has 11 heteroatoms. The lowest BCUT2D eigenvalue weighted by molar-refractivity contribution is -0.163. The van der Waals surface area contributed by atoms with Gasteiger partial charge in [-0.1, -0.05) is 55.3 Å². The van der Waals surface area contributed by atoms with Crippen molar-refractivity contribution < 1.29 is 38.5 Å². The van der Waals surface area contributed by atoms with E-state index >= 15 is 0 Å². The number of carbonyl (C=O) groups excluding carboxylic acids is 4. The van der Waals surface area contributed by atoms with Crippen LogP contribution in [0.3, 0.4) is 0 Å². The molecule has 3 aliphatic rings. The molecule has 3 aliphatic heterocycles. The predicted molar refractivity (Wildman–Crippen MR) is 180 cm³/mol. The molecular formula is C37H53N3O8. The summed E-state index contributed by atoms with van der Waals surface area (Å²) < 4.78 is 18.4. The Kier molecular flexibility index (Phi) is 13.4. The summed E-state index contributed by atoms with van der Waals surface area (Å²) in [4.78, 5) is 59.3. The highest BCUT2D eigenvalue weighted by Crippen LogP contribution is 2.59. The van der Waals surface area contributed by atoms with E-state index in [9.17, 15) is 24.3 Å². The maximum absolute atomic E-state index is 14.4. The van der Waals surface area contributed by atoms with Gasteiger partial charge in [-0.3, -0.25) is 19.2 Å². The monoisotopic (exact) mass is 667 g/mol. The summed E-state index contributed by atoms with van der Waals surface area (Å²) in [6.45, 7) is 12.2. The third-order valence-corrected chi connectivity index (χ3v) is 9.85. The van der Waals surface area contributed by atoms with E-state index in [2.05, 4.69) is 18.5 Å². The van der Waals surface area contributed by atoms with Gasteiger partial charge in [0.2, 0.25) is 17.7 Å². The van der Waals surface area contributed by atoms with Crippen molar-refractivity contribution >= 4 is 23.7 Å². The van der Waals surface area contributed by atoms with E-state index in [1.165, 1.54) is 7.11 Å². The fourth-order valence-electron chi connectivity index (χ4n) is 7.67. The first-order valence-electron chi connectivity index (χ1n) is 17.3. The molecule has 1 spiro atoms. The molecule has 1 aromatic rings. The maximum atomic E-state index is 14.4. The number of rotatable bonds is 20. The molecule has 0 unspecified atom stereocenters. The molecule has 11 nitrogen and oxygen atoms in total. The molecule has 7 atom stereocenters. The van der Waals surface area contributed by atoms with Gasteiger partial charge in [-0.25, -0.2) is 0 Å². The Morgan fingerprint density at radius 2 is 1.88 bits per heavy atom. The van der Waals surface area contributed by atoms with Crippen molar-refractivity contribution in [2.75, 3.05) is 33.4 Å². The number of methoxy groups -OCH3 is 1. The first-order valence-corrected chi connectivity index (χ1v) is 17.3. The van der Waals surface area contributed by atoms with Gasteiger partial charge in [-0.2, -0.15) is 0 Å². The van der Waals surface area contributed by atoms with E-state index < -0.39 is 47.7 Å². The largest absolute Gasteiger partial charge is 0.455 e. The van der Waals surface area contributed by atoms with E-state index in [-0.39, 0.29) is 43.4 Å². The molecule has 2 N–H and O–H groups in total. The van der Waals surface area contributed by atoms with Crippen molar-refractivity contribution in [3.05, 3.63) is 61.2 Å². The molecule has 1 aromatic carbocycles. The normalized spacial score (nSPS) is 25.4. The minimum Gasteiger partial charge on any atom is -0.455 e. The maximum Gasteiger partial charge on any atom is 0.313 e. The molecule has 0 radical (unpaired) electrons. The van der Waals surface area contributed by atoms with Crippen molar-refractivity contribution in [3.63, 3.8) is 0 Å². The number of unbranched alkanes of at least 4 members (excludes halogenated alkanes) is 3. The minimum absolute atomic E-state index is 0.0819. The van der Waals surface area contributed by atoms with Crippen molar-refractivity contribution in [2.24, 2.45) is 11.8 Å². The molecule has 3 fully saturated rings. The second-order valence-electron chi connectivity index (χ2n) is 13.3. The number of esters is 1. The fraction of sp³-hybridized carbons (Fsp3) is 0.622. The average molecular weight is 668 g/mol. The number of fused-ring (bicyclic) bond motifs is 1. The zero-order valence-corrected chi connectivity index (χ0v) is 28.7. The predicted octanol–water partition coefficient (Wildman–Crippen LogP) is 3.72. The van der Waals surface area contributed by atoms with Gasteiger partial charge in [-0.05, 0) is 51.5 Å². The molecule has 264 valence electrons. The van der Waals surface area contributed by atoms with Crippen molar-refractivity contribution in [1.29, 1.82) is 0 Å². The van der Waals surface area contributed by atoms with Crippen LogP contribution in [0.4, 0.5) is 0 Å². The van der Waals surface area contributed by atoms with Gasteiger partial charge in [0.15, 0.2) is 0 Å². The molecule has 0 aromatic heterocycles. The molecule has 0 aliphatic carbocycles. The van der Waals surface area contributed by atoms with Gasteiger partial charge < -0.3 is 34.4 Å². The third-order valence-electron chi connectivity index (χ3n) is 9.85. The molecule has 0 saturated carbocycles. The van der Waals surface area contributed by atoms with E-state index in [0.717, 1.165) is 12.8 Å². The van der Waals surface area contributed by atoms with Crippen LogP contribution in [0.5, 0.6) is 0 Å². The molecule has 3 heterocycles. The Bertz CT molecular complexity index is 1290. The Morgan fingerprint density at radius 1 is 1.15 bits per heavy atom. The van der Waals surface area contributed by atoms with Crippen LogP contribution in [-0.4, -0.2) is 102 Å². The molecular weight excluding hydrogens is 614 g/mol. The van der Waals surface area contributed by atoms with Crippen LogP contribution in [0.2, 0.25) is 0 Å². The Morgan fingerprint density at radius 3 is 2.52 bits per heavy atom. The standard InChI is InChI=1S/C37H53N3O8/c1-6-8-18-29(42)38-27(24-46-5)32(26-16-12-11-13-17-26)47-36(45)30-28-19-20-37(48-28)31(30)34(43)40(22-14-9-10-15-23-41)33(37)35(44)39(21-7-2)25(3)4/h6-7,11-13,16-17,25,27-28,30-33,41H,1-2,8-10,14-15,18-24H2,3-5H3,(H,38,42)/t27-,28+,30-,31-,32-,33+,37-/m1/s1. The Labute approximate surface area is 284 Å². The number of likely N-dealkylation sites (tertiary alicyclic amines) is 1. The van der Waals surface area contributed by atoms with Crippen LogP contribution in [-0.2, 0) is 33.4 Å². The van der Waals surface area contributed by atoms with Crippen LogP contribution >= 0.6 is 0 Å². The first-order chi connectivity index (χ1) is 23.1. The highest BCUT2D eigenvalue weighted by Gasteiger charge is 2.75. The molecule has 3 saturated heterocycles. The average Bonchev–Trinajstić information content (AvgIpc) is 3.72. The highest BCUT2D eigenvalue weighted by atomic mass is 16.6. The number of hydrogen-bond donors (Lipinski definition) is 2. The number of benzene rings is 1. The summed E-state index contributed by atoms with van der Waals surface area (Å²) in [6.07, 6.45) is 6.47. The number of ether oxygens (including phenoxy) is 3. The smallest absolute Gasteiger partial charge is 0.313 e. The number of aliphatic hydroxyl groups is 1. The lowest BCUT2D eigenvalue weighted by atomic mass is 9.70. The quantitative estimate of drug-likeness (QED) is 0.122. The van der Waals surface area contributed by atoms with Crippen molar-refractivity contribution in [2.45, 2.75) is 101 Å². The van der Waals surface area contributed by atoms with Crippen LogP contribution in [0.15, 0.2) is 55.6 Å². The Hall–Kier alpha value is -3.54. The fourth-order valence-corrected chi connectivity index (χ4v) is 7.67. The van der Waals surface area contributed by atoms with E-state index in [4.69, 9.17) is 14.2 Å². The summed E-state index contributed by atoms with van der Waals surface area (Å²) in [7, 11) is 1.51. The molecule has 48 heavy (non-hydrogen) atoms. The summed E-state index contributed by atoms with van der Waals surface area (Å²) in [5.74, 6) is -3.11. The van der Waals surface area contributed by atoms with Gasteiger partial charge >= 0.3 is 5.97 Å². The second-order valence-corrected chi connectivity index (χ2v) is 13.3. The molecule has 2 bridgehead atoms. The number of carbonyl (C=O) groups is 4. The van der Waals surface area contributed by atoms with E-state index in [1.807, 2.05) is 44.2 Å². The second kappa shape index (κ2) is 17.2. The van der Waals surface area contributed by atoms with Crippen LogP contribution in [0.25, 0.3) is 0 Å². The van der Waals surface area contributed by atoms with Crippen molar-refractivity contribution in [1.82, 2.24) is 15.1 Å².